The number of allylic oxidation sites excluding steroid dienone is 2. The lowest BCUT2D eigenvalue weighted by atomic mass is 9.79. The molecular weight excluding hydrogens is 366 g/mol. The van der Waals surface area contributed by atoms with Crippen LogP contribution < -0.4 is 5.32 Å². The van der Waals surface area contributed by atoms with Gasteiger partial charge in [0.1, 0.15) is 6.54 Å². The molecule has 29 heavy (non-hydrogen) atoms. The quantitative estimate of drug-likeness (QED) is 0.568. The van der Waals surface area contributed by atoms with Gasteiger partial charge in [0.2, 0.25) is 17.7 Å². The normalized spacial score (nSPS) is 35.9. The number of nitrogens with zero attached hydrogens (tertiary/aromatic N) is 2. The van der Waals surface area contributed by atoms with E-state index in [0.29, 0.717) is 6.54 Å². The molecule has 0 unspecified atom stereocenters. The Kier molecular flexibility index (Phi) is 5.01. The van der Waals surface area contributed by atoms with E-state index >= 15 is 0 Å². The van der Waals surface area contributed by atoms with E-state index in [0.717, 1.165) is 32.4 Å². The monoisotopic (exact) mass is 399 g/mol. The topological polar surface area (TPSA) is 69.7 Å². The average molecular weight is 400 g/mol. The van der Waals surface area contributed by atoms with Gasteiger partial charge < -0.3 is 5.32 Å². The van der Waals surface area contributed by atoms with Gasteiger partial charge in [0.15, 0.2) is 0 Å². The molecule has 0 aromatic carbocycles. The van der Waals surface area contributed by atoms with E-state index < -0.39 is 0 Å². The van der Waals surface area contributed by atoms with Crippen molar-refractivity contribution in [2.45, 2.75) is 63.3 Å². The van der Waals surface area contributed by atoms with Crippen molar-refractivity contribution < 1.29 is 14.4 Å². The van der Waals surface area contributed by atoms with E-state index in [9.17, 15) is 14.4 Å². The number of likely N-dealkylation sites (tertiary alicyclic amines) is 2. The third kappa shape index (κ3) is 3.24. The number of amides is 3. The third-order valence-electron chi connectivity index (χ3n) is 8.29. The molecule has 2 aliphatic heterocycles. The Bertz CT molecular complexity index is 691. The van der Waals surface area contributed by atoms with Crippen LogP contribution in [0.2, 0.25) is 0 Å². The lowest BCUT2D eigenvalue weighted by Gasteiger charge is -2.48. The van der Waals surface area contributed by atoms with Crippen LogP contribution in [0.3, 0.4) is 0 Å². The van der Waals surface area contributed by atoms with Gasteiger partial charge in [-0.15, -0.1) is 0 Å². The van der Waals surface area contributed by atoms with Crippen molar-refractivity contribution in [3.05, 3.63) is 12.2 Å². The van der Waals surface area contributed by atoms with Gasteiger partial charge in [0, 0.05) is 12.1 Å². The Morgan fingerprint density at radius 1 is 0.931 bits per heavy atom. The van der Waals surface area contributed by atoms with Gasteiger partial charge in [0.05, 0.1) is 11.8 Å². The molecule has 4 atom stereocenters. The number of hydrogen-bond donors (Lipinski definition) is 1. The van der Waals surface area contributed by atoms with Crippen LogP contribution in [0.25, 0.3) is 0 Å². The van der Waals surface area contributed by atoms with Gasteiger partial charge in [-0.05, 0) is 57.0 Å². The molecule has 2 bridgehead atoms. The first kappa shape index (κ1) is 19.3. The highest BCUT2D eigenvalue weighted by Gasteiger charge is 2.59. The van der Waals surface area contributed by atoms with Crippen LogP contribution in [0.5, 0.6) is 0 Å². The highest BCUT2D eigenvalue weighted by molar-refractivity contribution is 6.08. The number of nitrogens with one attached hydrogen (secondary N) is 1. The Hall–Kier alpha value is -1.69. The molecule has 0 radical (unpaired) electrons. The van der Waals surface area contributed by atoms with Gasteiger partial charge in [-0.1, -0.05) is 37.8 Å². The SMILES string of the molecule is O=C(CN1C(=O)[C@@H]2[C@@H](C1=O)[C@H]1C=C[C@@H]2C1)NCC1(N2CCCCC2)CCCCC1. The average Bonchev–Trinajstić information content (AvgIpc) is 3.44. The van der Waals surface area contributed by atoms with Crippen LogP contribution in [-0.4, -0.2) is 59.2 Å². The number of hydrogen-bond acceptors (Lipinski definition) is 4. The maximum atomic E-state index is 12.8. The van der Waals surface area contributed by atoms with E-state index in [4.69, 9.17) is 0 Å². The maximum absolute atomic E-state index is 12.8. The fourth-order valence-corrected chi connectivity index (χ4v) is 6.77. The second kappa shape index (κ2) is 7.53. The van der Waals surface area contributed by atoms with E-state index in [2.05, 4.69) is 22.4 Å². The Morgan fingerprint density at radius 2 is 1.52 bits per heavy atom. The first-order chi connectivity index (χ1) is 14.1. The van der Waals surface area contributed by atoms with Crippen molar-refractivity contribution in [1.82, 2.24) is 15.1 Å². The lowest BCUT2D eigenvalue weighted by molar-refractivity contribution is -0.144. The predicted octanol–water partition coefficient (Wildman–Crippen LogP) is 2.10. The molecule has 0 aromatic heterocycles. The number of fused-ring (bicyclic) bond motifs is 5. The van der Waals surface area contributed by atoms with Crippen molar-refractivity contribution in [2.75, 3.05) is 26.2 Å². The summed E-state index contributed by atoms with van der Waals surface area (Å²) < 4.78 is 0. The summed E-state index contributed by atoms with van der Waals surface area (Å²) in [6.07, 6.45) is 14.9. The summed E-state index contributed by atoms with van der Waals surface area (Å²) in [6.45, 7) is 2.78. The molecule has 0 aromatic rings. The van der Waals surface area contributed by atoms with Gasteiger partial charge >= 0.3 is 0 Å². The standard InChI is InChI=1S/C23H33N3O3/c27-18(14-26-21(28)19-16-7-8-17(13-16)20(19)22(26)29)24-15-23(9-3-1-4-10-23)25-11-5-2-6-12-25/h7-8,16-17,19-20H,1-6,9-15H2,(H,24,27)/t16-,17+,19-,20-/m0/s1. The number of carbonyl (C=O) groups is 3. The van der Waals surface area contributed by atoms with E-state index in [1.165, 1.54) is 43.4 Å². The molecule has 0 spiro atoms. The summed E-state index contributed by atoms with van der Waals surface area (Å²) in [5.41, 5.74) is 0.0624. The molecule has 4 fully saturated rings. The van der Waals surface area contributed by atoms with Gasteiger partial charge in [-0.2, -0.15) is 0 Å². The zero-order chi connectivity index (χ0) is 20.0. The van der Waals surface area contributed by atoms with Crippen LogP contribution in [-0.2, 0) is 14.4 Å². The molecule has 5 rings (SSSR count). The zero-order valence-corrected chi connectivity index (χ0v) is 17.3. The molecule has 1 N–H and O–H groups in total. The zero-order valence-electron chi connectivity index (χ0n) is 17.3. The minimum atomic E-state index is -0.219. The largest absolute Gasteiger partial charge is 0.353 e. The molecular formula is C23H33N3O3. The Balaban J connectivity index is 1.21. The molecule has 5 aliphatic rings. The van der Waals surface area contributed by atoms with Crippen LogP contribution in [0, 0.1) is 23.7 Å². The molecule has 2 saturated carbocycles. The first-order valence-electron chi connectivity index (χ1n) is 11.6. The van der Waals surface area contributed by atoms with Crippen molar-refractivity contribution >= 4 is 17.7 Å². The van der Waals surface area contributed by atoms with Crippen LogP contribution in [0.15, 0.2) is 12.2 Å². The van der Waals surface area contributed by atoms with E-state index in [1.54, 1.807) is 0 Å². The summed E-state index contributed by atoms with van der Waals surface area (Å²) in [6, 6.07) is 0. The summed E-state index contributed by atoms with van der Waals surface area (Å²) in [7, 11) is 0. The number of piperidine rings is 1. The predicted molar refractivity (Wildman–Crippen MR) is 109 cm³/mol. The second-order valence-corrected chi connectivity index (χ2v) is 9.87. The van der Waals surface area contributed by atoms with Crippen LogP contribution in [0.1, 0.15) is 57.8 Å². The van der Waals surface area contributed by atoms with E-state index in [1.807, 2.05) is 0 Å². The summed E-state index contributed by atoms with van der Waals surface area (Å²) >= 11 is 0. The molecule has 2 saturated heterocycles. The molecule has 2 heterocycles. The fraction of sp³-hybridized carbons (Fsp3) is 0.783. The highest BCUT2D eigenvalue weighted by atomic mass is 16.2. The van der Waals surface area contributed by atoms with Gasteiger partial charge in [-0.25, -0.2) is 0 Å². The van der Waals surface area contributed by atoms with Crippen molar-refractivity contribution in [2.24, 2.45) is 23.7 Å². The summed E-state index contributed by atoms with van der Waals surface area (Å²) in [5.74, 6) is -0.496. The van der Waals surface area contributed by atoms with E-state index in [-0.39, 0.29) is 53.5 Å². The Labute approximate surface area is 173 Å². The minimum absolute atomic E-state index is 0.0624. The first-order valence-corrected chi connectivity index (χ1v) is 11.6. The third-order valence-corrected chi connectivity index (χ3v) is 8.29. The van der Waals surface area contributed by atoms with Crippen LogP contribution in [0.4, 0.5) is 0 Å². The van der Waals surface area contributed by atoms with Gasteiger partial charge in [0.25, 0.3) is 0 Å². The summed E-state index contributed by atoms with van der Waals surface area (Å²) in [4.78, 5) is 42.3. The number of rotatable bonds is 5. The van der Waals surface area contributed by atoms with Crippen molar-refractivity contribution in [3.8, 4) is 0 Å². The number of carbonyl (C=O) groups excluding carboxylic acids is 3. The lowest BCUT2D eigenvalue weighted by Crippen LogP contribution is -2.58. The molecule has 6 heteroatoms. The molecule has 3 amide bonds. The van der Waals surface area contributed by atoms with Crippen LogP contribution >= 0.6 is 0 Å². The van der Waals surface area contributed by atoms with Gasteiger partial charge in [-0.3, -0.25) is 24.2 Å². The Morgan fingerprint density at radius 3 is 2.14 bits per heavy atom. The molecule has 3 aliphatic carbocycles. The highest BCUT2D eigenvalue weighted by Crippen LogP contribution is 2.52. The smallest absolute Gasteiger partial charge is 0.240 e. The molecule has 6 nitrogen and oxygen atoms in total. The minimum Gasteiger partial charge on any atom is -0.353 e. The second-order valence-electron chi connectivity index (χ2n) is 9.87. The number of imide groups is 1. The summed E-state index contributed by atoms with van der Waals surface area (Å²) in [5, 5.41) is 3.12. The van der Waals surface area contributed by atoms with Crippen molar-refractivity contribution in [3.63, 3.8) is 0 Å². The van der Waals surface area contributed by atoms with Crippen molar-refractivity contribution in [1.29, 1.82) is 0 Å². The maximum Gasteiger partial charge on any atom is 0.240 e. The molecule has 158 valence electrons. The fourth-order valence-electron chi connectivity index (χ4n) is 6.77.